The SMILES string of the molecule is CCCCCC1CCC(C2CCC(OC(=O)C3(COC(=O)C4CCC(C5CCC(CCCCC)CC5)CC4)CCCCC3)CC2)CC1. The van der Waals surface area contributed by atoms with Gasteiger partial charge in [-0.1, -0.05) is 110 Å². The lowest BCUT2D eigenvalue weighted by atomic mass is 9.68. The average molecular weight is 655 g/mol. The third-order valence-electron chi connectivity index (χ3n) is 14.4. The predicted molar refractivity (Wildman–Crippen MR) is 193 cm³/mol. The quantitative estimate of drug-likeness (QED) is 0.130. The van der Waals surface area contributed by atoms with Gasteiger partial charge in [-0.2, -0.15) is 0 Å². The van der Waals surface area contributed by atoms with Crippen molar-refractivity contribution in [2.24, 2.45) is 46.8 Å². The van der Waals surface area contributed by atoms with Crippen LogP contribution in [0.2, 0.25) is 0 Å². The average Bonchev–Trinajstić information content (AvgIpc) is 3.12. The van der Waals surface area contributed by atoms with Gasteiger partial charge in [0.25, 0.3) is 0 Å². The van der Waals surface area contributed by atoms with Crippen LogP contribution >= 0.6 is 0 Å². The van der Waals surface area contributed by atoms with Crippen LogP contribution in [-0.2, 0) is 19.1 Å². The summed E-state index contributed by atoms with van der Waals surface area (Å²) in [5.74, 6) is 5.26. The van der Waals surface area contributed by atoms with Crippen molar-refractivity contribution in [3.8, 4) is 0 Å². The highest BCUT2D eigenvalue weighted by molar-refractivity contribution is 5.78. The topological polar surface area (TPSA) is 52.6 Å². The van der Waals surface area contributed by atoms with Gasteiger partial charge in [0.2, 0.25) is 0 Å². The number of carbonyl (C=O) groups is 2. The Morgan fingerprint density at radius 2 is 1.00 bits per heavy atom. The summed E-state index contributed by atoms with van der Waals surface area (Å²) in [4.78, 5) is 27.2. The van der Waals surface area contributed by atoms with Gasteiger partial charge in [-0.25, -0.2) is 0 Å². The molecule has 0 saturated heterocycles. The second kappa shape index (κ2) is 19.4. The molecule has 47 heavy (non-hydrogen) atoms. The molecule has 0 spiro atoms. The zero-order chi connectivity index (χ0) is 32.9. The van der Waals surface area contributed by atoms with Gasteiger partial charge >= 0.3 is 11.9 Å². The zero-order valence-corrected chi connectivity index (χ0v) is 31.0. The summed E-state index contributed by atoms with van der Waals surface area (Å²) in [7, 11) is 0. The van der Waals surface area contributed by atoms with Gasteiger partial charge in [0.05, 0.1) is 5.92 Å². The van der Waals surface area contributed by atoms with Gasteiger partial charge < -0.3 is 9.47 Å². The van der Waals surface area contributed by atoms with Crippen molar-refractivity contribution in [2.45, 2.75) is 206 Å². The summed E-state index contributed by atoms with van der Waals surface area (Å²) in [5, 5.41) is 0. The minimum absolute atomic E-state index is 0.0231. The third-order valence-corrected chi connectivity index (χ3v) is 14.4. The van der Waals surface area contributed by atoms with Crippen molar-refractivity contribution in [3.63, 3.8) is 0 Å². The summed E-state index contributed by atoms with van der Waals surface area (Å²) in [5.41, 5.74) is -0.617. The van der Waals surface area contributed by atoms with Crippen LogP contribution in [0.4, 0.5) is 0 Å². The molecule has 5 aliphatic rings. The number of esters is 2. The van der Waals surface area contributed by atoms with E-state index >= 15 is 0 Å². The lowest BCUT2D eigenvalue weighted by Crippen LogP contribution is -2.43. The van der Waals surface area contributed by atoms with E-state index in [1.807, 2.05) is 0 Å². The minimum atomic E-state index is -0.617. The second-order valence-electron chi connectivity index (χ2n) is 17.6. The Kier molecular flexibility index (Phi) is 15.3. The summed E-state index contributed by atoms with van der Waals surface area (Å²) in [6, 6.07) is 0. The van der Waals surface area contributed by atoms with E-state index in [-0.39, 0.29) is 30.6 Å². The van der Waals surface area contributed by atoms with Crippen molar-refractivity contribution in [3.05, 3.63) is 0 Å². The first-order chi connectivity index (χ1) is 23.0. The number of rotatable bonds is 15. The van der Waals surface area contributed by atoms with Gasteiger partial charge in [0, 0.05) is 0 Å². The minimum Gasteiger partial charge on any atom is -0.464 e. The Morgan fingerprint density at radius 3 is 1.47 bits per heavy atom. The number of ether oxygens (including phenoxy) is 2. The molecular weight excluding hydrogens is 580 g/mol. The van der Waals surface area contributed by atoms with Crippen molar-refractivity contribution in [1.82, 2.24) is 0 Å². The first-order valence-corrected chi connectivity index (χ1v) is 21.4. The molecular formula is C43H74O4. The molecule has 0 aliphatic heterocycles. The molecule has 0 heterocycles. The Balaban J connectivity index is 1.01. The number of unbranched alkanes of at least 4 members (excludes halogenated alkanes) is 4. The van der Waals surface area contributed by atoms with E-state index in [1.165, 1.54) is 135 Å². The molecule has 0 radical (unpaired) electrons. The van der Waals surface area contributed by atoms with E-state index in [2.05, 4.69) is 13.8 Å². The third kappa shape index (κ3) is 11.0. The van der Waals surface area contributed by atoms with E-state index < -0.39 is 5.41 Å². The molecule has 0 aromatic carbocycles. The highest BCUT2D eigenvalue weighted by atomic mass is 16.6. The van der Waals surface area contributed by atoms with E-state index in [0.717, 1.165) is 86.9 Å². The molecule has 0 atom stereocenters. The Labute approximate surface area is 290 Å². The van der Waals surface area contributed by atoms with Gasteiger partial charge in [-0.3, -0.25) is 9.59 Å². The monoisotopic (exact) mass is 655 g/mol. The van der Waals surface area contributed by atoms with Crippen LogP contribution in [0.1, 0.15) is 200 Å². The molecule has 0 N–H and O–H groups in total. The fraction of sp³-hybridized carbons (Fsp3) is 0.953. The fourth-order valence-corrected chi connectivity index (χ4v) is 11.0. The predicted octanol–water partition coefficient (Wildman–Crippen LogP) is 12.2. The van der Waals surface area contributed by atoms with Crippen molar-refractivity contribution in [1.29, 1.82) is 0 Å². The molecule has 5 aliphatic carbocycles. The molecule has 4 heteroatoms. The second-order valence-corrected chi connectivity index (χ2v) is 17.6. The maximum absolute atomic E-state index is 13.8. The normalized spacial score (nSPS) is 34.8. The van der Waals surface area contributed by atoms with Crippen molar-refractivity contribution >= 4 is 11.9 Å². The summed E-state index contributed by atoms with van der Waals surface area (Å²) < 4.78 is 12.4. The Bertz CT molecular complexity index is 891. The van der Waals surface area contributed by atoms with Crippen LogP contribution in [0.15, 0.2) is 0 Å². The molecule has 5 rings (SSSR count). The Morgan fingerprint density at radius 1 is 0.553 bits per heavy atom. The van der Waals surface area contributed by atoms with Gasteiger partial charge in [-0.05, 0) is 125 Å². The van der Waals surface area contributed by atoms with E-state index in [4.69, 9.17) is 9.47 Å². The standard InChI is InChI=1S/C43H74O4/c1-3-5-8-12-33-14-18-35(19-15-33)37-22-24-39(25-23-37)41(44)46-32-43(30-10-7-11-31-43)42(45)47-40-28-26-38(27-29-40)36-20-16-34(17-21-36)13-9-6-4-2/h33-40H,3-32H2,1-2H3. The highest BCUT2D eigenvalue weighted by Crippen LogP contribution is 2.45. The lowest BCUT2D eigenvalue weighted by molar-refractivity contribution is -0.174. The molecule has 0 bridgehead atoms. The number of hydrogen-bond donors (Lipinski definition) is 0. The van der Waals surface area contributed by atoms with Crippen molar-refractivity contribution < 1.29 is 19.1 Å². The van der Waals surface area contributed by atoms with E-state index in [0.29, 0.717) is 0 Å². The molecule has 0 unspecified atom stereocenters. The van der Waals surface area contributed by atoms with E-state index in [1.54, 1.807) is 0 Å². The van der Waals surface area contributed by atoms with Gasteiger partial charge in [0.1, 0.15) is 18.1 Å². The first-order valence-electron chi connectivity index (χ1n) is 21.4. The van der Waals surface area contributed by atoms with Crippen LogP contribution in [0, 0.1) is 46.8 Å². The van der Waals surface area contributed by atoms with Crippen molar-refractivity contribution in [2.75, 3.05) is 6.61 Å². The van der Waals surface area contributed by atoms with Gasteiger partial charge in [-0.15, -0.1) is 0 Å². The van der Waals surface area contributed by atoms with Crippen LogP contribution in [0.5, 0.6) is 0 Å². The molecule has 5 saturated carbocycles. The van der Waals surface area contributed by atoms with E-state index in [9.17, 15) is 9.59 Å². The smallest absolute Gasteiger partial charge is 0.315 e. The zero-order valence-electron chi connectivity index (χ0n) is 31.0. The number of hydrogen-bond acceptors (Lipinski definition) is 4. The molecule has 0 aromatic heterocycles. The fourth-order valence-electron chi connectivity index (χ4n) is 11.0. The molecule has 0 amide bonds. The molecule has 4 nitrogen and oxygen atoms in total. The molecule has 270 valence electrons. The summed E-state index contributed by atoms with van der Waals surface area (Å²) >= 11 is 0. The van der Waals surface area contributed by atoms with Gasteiger partial charge in [0.15, 0.2) is 0 Å². The lowest BCUT2D eigenvalue weighted by Gasteiger charge is -2.40. The maximum atomic E-state index is 13.8. The molecule has 0 aromatic rings. The Hall–Kier alpha value is -1.06. The summed E-state index contributed by atoms with van der Waals surface area (Å²) in [6.07, 6.45) is 36.2. The highest BCUT2D eigenvalue weighted by Gasteiger charge is 2.45. The number of carbonyl (C=O) groups excluding carboxylic acids is 2. The van der Waals surface area contributed by atoms with Crippen LogP contribution in [0.25, 0.3) is 0 Å². The van der Waals surface area contributed by atoms with Crippen LogP contribution in [0.3, 0.4) is 0 Å². The van der Waals surface area contributed by atoms with Crippen LogP contribution in [-0.4, -0.2) is 24.6 Å². The maximum Gasteiger partial charge on any atom is 0.315 e. The summed E-state index contributed by atoms with van der Waals surface area (Å²) in [6.45, 7) is 4.85. The van der Waals surface area contributed by atoms with Crippen LogP contribution < -0.4 is 0 Å². The molecule has 5 fully saturated rings. The first kappa shape index (κ1) is 37.2. The largest absolute Gasteiger partial charge is 0.464 e.